The van der Waals surface area contributed by atoms with E-state index in [2.05, 4.69) is 15.2 Å². The molecule has 174 valence electrons. The molecule has 4 heterocycles. The first-order valence-corrected chi connectivity index (χ1v) is 11.8. The fourth-order valence-corrected chi connectivity index (χ4v) is 4.80. The van der Waals surface area contributed by atoms with Gasteiger partial charge in [0.1, 0.15) is 16.3 Å². The van der Waals surface area contributed by atoms with E-state index in [1.807, 2.05) is 32.9 Å². The van der Waals surface area contributed by atoms with Gasteiger partial charge in [-0.1, -0.05) is 11.3 Å². The number of nitrogens with zero attached hydrogens (tertiary/aromatic N) is 3. The lowest BCUT2D eigenvalue weighted by Gasteiger charge is -2.32. The van der Waals surface area contributed by atoms with Gasteiger partial charge in [0.2, 0.25) is 5.91 Å². The Hall–Kier alpha value is -2.59. The van der Waals surface area contributed by atoms with Crippen LogP contribution in [0, 0.1) is 5.92 Å². The van der Waals surface area contributed by atoms with E-state index in [0.717, 1.165) is 23.8 Å². The molecule has 0 aromatic carbocycles. The molecule has 2 aliphatic rings. The molecular weight excluding hydrogens is 432 g/mol. The number of ether oxygens (including phenoxy) is 2. The van der Waals surface area contributed by atoms with Crippen molar-refractivity contribution in [1.82, 2.24) is 9.88 Å². The van der Waals surface area contributed by atoms with Crippen molar-refractivity contribution in [3.05, 3.63) is 18.4 Å². The summed E-state index contributed by atoms with van der Waals surface area (Å²) in [6, 6.07) is 3.70. The summed E-state index contributed by atoms with van der Waals surface area (Å²) in [5.74, 6) is 0.438. The highest BCUT2D eigenvalue weighted by Crippen LogP contribution is 2.39. The largest absolute Gasteiger partial charge is 0.463 e. The lowest BCUT2D eigenvalue weighted by Crippen LogP contribution is -2.43. The fourth-order valence-electron chi connectivity index (χ4n) is 3.78. The molecule has 9 nitrogen and oxygen atoms in total. The Labute approximate surface area is 191 Å². The number of likely N-dealkylation sites (tertiary alicyclic amines) is 1. The molecule has 1 N–H and O–H groups in total. The van der Waals surface area contributed by atoms with Crippen molar-refractivity contribution in [3.8, 4) is 11.5 Å². The van der Waals surface area contributed by atoms with Crippen LogP contribution in [0.3, 0.4) is 0 Å². The predicted molar refractivity (Wildman–Crippen MR) is 122 cm³/mol. The van der Waals surface area contributed by atoms with Gasteiger partial charge in [0, 0.05) is 32.1 Å². The van der Waals surface area contributed by atoms with Crippen LogP contribution in [0.4, 0.5) is 14.9 Å². The molecule has 0 spiro atoms. The van der Waals surface area contributed by atoms with Crippen molar-refractivity contribution in [1.29, 1.82) is 0 Å². The molecule has 4 rings (SSSR count). The summed E-state index contributed by atoms with van der Waals surface area (Å²) in [5.41, 5.74) is 0.206. The Morgan fingerprint density at radius 1 is 1.19 bits per heavy atom. The third kappa shape index (κ3) is 5.42. The molecule has 0 atom stereocenters. The van der Waals surface area contributed by atoms with Gasteiger partial charge in [0.05, 0.1) is 19.5 Å². The van der Waals surface area contributed by atoms with Gasteiger partial charge < -0.3 is 29.0 Å². The van der Waals surface area contributed by atoms with Crippen LogP contribution in [0.2, 0.25) is 0 Å². The van der Waals surface area contributed by atoms with Crippen molar-refractivity contribution in [3.63, 3.8) is 0 Å². The number of hydrogen-bond donors (Lipinski definition) is 1. The average molecular weight is 463 g/mol. The normalized spacial score (nSPS) is 18.0. The monoisotopic (exact) mass is 462 g/mol. The maximum atomic E-state index is 12.9. The lowest BCUT2D eigenvalue weighted by molar-refractivity contribution is -0.121. The summed E-state index contributed by atoms with van der Waals surface area (Å²) in [4.78, 5) is 33.7. The average Bonchev–Trinajstić information content (AvgIpc) is 3.43. The van der Waals surface area contributed by atoms with Crippen molar-refractivity contribution >= 4 is 33.5 Å². The number of amides is 2. The van der Waals surface area contributed by atoms with E-state index in [4.69, 9.17) is 13.9 Å². The number of carbonyl (C=O) groups excluding carboxylic acids is 2. The summed E-state index contributed by atoms with van der Waals surface area (Å²) < 4.78 is 16.5. The first-order chi connectivity index (χ1) is 15.3. The number of aromatic nitrogens is 1. The molecule has 2 saturated heterocycles. The number of furan rings is 1. The Morgan fingerprint density at radius 3 is 2.53 bits per heavy atom. The zero-order valence-corrected chi connectivity index (χ0v) is 19.6. The first kappa shape index (κ1) is 22.6. The van der Waals surface area contributed by atoms with Crippen LogP contribution < -0.4 is 10.2 Å². The Kier molecular flexibility index (Phi) is 6.71. The molecule has 0 aliphatic carbocycles. The molecule has 32 heavy (non-hydrogen) atoms. The molecule has 0 unspecified atom stereocenters. The second-order valence-electron chi connectivity index (χ2n) is 8.98. The number of nitrogens with one attached hydrogen (secondary N) is 1. The van der Waals surface area contributed by atoms with Gasteiger partial charge in [-0.3, -0.25) is 4.79 Å². The number of thiazole rings is 1. The van der Waals surface area contributed by atoms with E-state index in [9.17, 15) is 9.59 Å². The maximum absolute atomic E-state index is 12.9. The van der Waals surface area contributed by atoms with Gasteiger partial charge in [-0.25, -0.2) is 9.78 Å². The number of hydrogen-bond acceptors (Lipinski definition) is 8. The van der Waals surface area contributed by atoms with Gasteiger partial charge in [-0.05, 0) is 45.7 Å². The highest BCUT2D eigenvalue weighted by molar-refractivity contribution is 7.20. The predicted octanol–water partition coefficient (Wildman–Crippen LogP) is 3.83. The smallest absolute Gasteiger partial charge is 0.410 e. The quantitative estimate of drug-likeness (QED) is 0.738. The molecule has 2 amide bonds. The van der Waals surface area contributed by atoms with Gasteiger partial charge >= 0.3 is 6.09 Å². The number of morpholine rings is 1. The third-order valence-electron chi connectivity index (χ3n) is 5.41. The van der Waals surface area contributed by atoms with Crippen molar-refractivity contribution < 1.29 is 23.5 Å². The minimum absolute atomic E-state index is 0.0675. The van der Waals surface area contributed by atoms with E-state index in [-0.39, 0.29) is 17.9 Å². The summed E-state index contributed by atoms with van der Waals surface area (Å²) in [6.07, 6.45) is 2.49. The minimum atomic E-state index is -0.528. The summed E-state index contributed by atoms with van der Waals surface area (Å²) in [5, 5.41) is 4.51. The Morgan fingerprint density at radius 2 is 1.91 bits per heavy atom. The zero-order chi connectivity index (χ0) is 22.7. The Bertz CT molecular complexity index is 923. The molecule has 2 aliphatic heterocycles. The second kappa shape index (κ2) is 9.50. The number of piperidine rings is 1. The van der Waals surface area contributed by atoms with Crippen LogP contribution in [0.25, 0.3) is 11.5 Å². The topological polar surface area (TPSA) is 97.1 Å². The fraction of sp³-hybridized carbons (Fsp3) is 0.591. The number of anilines is 2. The molecule has 2 aromatic heterocycles. The van der Waals surface area contributed by atoms with Crippen LogP contribution in [0.15, 0.2) is 22.8 Å². The van der Waals surface area contributed by atoms with Gasteiger partial charge in [0.25, 0.3) is 0 Å². The molecule has 0 radical (unpaired) electrons. The van der Waals surface area contributed by atoms with Gasteiger partial charge in [0.15, 0.2) is 10.9 Å². The van der Waals surface area contributed by atoms with Crippen molar-refractivity contribution in [2.75, 3.05) is 49.6 Å². The molecule has 2 fully saturated rings. The highest BCUT2D eigenvalue weighted by Gasteiger charge is 2.31. The van der Waals surface area contributed by atoms with E-state index in [0.29, 0.717) is 50.0 Å². The first-order valence-electron chi connectivity index (χ1n) is 11.0. The van der Waals surface area contributed by atoms with Crippen molar-refractivity contribution in [2.24, 2.45) is 5.92 Å². The number of carbonyl (C=O) groups is 2. The van der Waals surface area contributed by atoms with E-state index < -0.39 is 5.60 Å². The number of rotatable bonds is 4. The minimum Gasteiger partial charge on any atom is -0.463 e. The zero-order valence-electron chi connectivity index (χ0n) is 18.8. The third-order valence-corrected chi connectivity index (χ3v) is 6.44. The molecule has 2 aromatic rings. The second-order valence-corrected chi connectivity index (χ2v) is 9.96. The van der Waals surface area contributed by atoms with E-state index in [1.165, 1.54) is 11.3 Å². The maximum Gasteiger partial charge on any atom is 0.410 e. The Balaban J connectivity index is 1.40. The summed E-state index contributed by atoms with van der Waals surface area (Å²) in [6.45, 7) is 9.41. The molecular formula is C22H30N4O5S. The van der Waals surface area contributed by atoms with Crippen LogP contribution in [-0.4, -0.2) is 66.9 Å². The highest BCUT2D eigenvalue weighted by atomic mass is 32.1. The SMILES string of the molecule is CC(C)(C)OC(=O)N1CCC(C(=O)Nc2nc(-c3ccco3)c(N3CCOCC3)s2)CC1. The summed E-state index contributed by atoms with van der Waals surface area (Å²) >= 11 is 1.45. The van der Waals surface area contributed by atoms with Crippen LogP contribution >= 0.6 is 11.3 Å². The van der Waals surface area contributed by atoms with Gasteiger partial charge in [-0.2, -0.15) is 0 Å². The lowest BCUT2D eigenvalue weighted by atomic mass is 9.96. The van der Waals surface area contributed by atoms with E-state index in [1.54, 1.807) is 11.2 Å². The molecule has 0 saturated carbocycles. The van der Waals surface area contributed by atoms with Crippen molar-refractivity contribution in [2.45, 2.75) is 39.2 Å². The van der Waals surface area contributed by atoms with Crippen LogP contribution in [0.5, 0.6) is 0 Å². The molecule has 10 heteroatoms. The van der Waals surface area contributed by atoms with E-state index >= 15 is 0 Å². The molecule has 0 bridgehead atoms. The van der Waals surface area contributed by atoms with Crippen LogP contribution in [0.1, 0.15) is 33.6 Å². The van der Waals surface area contributed by atoms with Crippen LogP contribution in [-0.2, 0) is 14.3 Å². The summed E-state index contributed by atoms with van der Waals surface area (Å²) in [7, 11) is 0. The van der Waals surface area contributed by atoms with Gasteiger partial charge in [-0.15, -0.1) is 0 Å². The standard InChI is InChI=1S/C22H30N4O5S/c1-22(2,3)31-21(28)26-8-6-15(7-9-26)18(27)24-20-23-17(16-5-4-12-30-16)19(32-20)25-10-13-29-14-11-25/h4-5,12,15H,6-11,13-14H2,1-3H3,(H,23,24,27).